The molecule has 27 heavy (non-hydrogen) atoms. The Balaban J connectivity index is 2.21. The van der Waals surface area contributed by atoms with Gasteiger partial charge in [-0.25, -0.2) is 8.42 Å². The van der Waals surface area contributed by atoms with Crippen LogP contribution < -0.4 is 4.72 Å². The monoisotopic (exact) mass is 396 g/mol. The first kappa shape index (κ1) is 19.1. The summed E-state index contributed by atoms with van der Waals surface area (Å²) in [4.78, 5) is 0.0794. The molecule has 0 bridgehead atoms. The lowest BCUT2D eigenvalue weighted by Gasteiger charge is -2.29. The highest BCUT2D eigenvalue weighted by molar-refractivity contribution is 7.89. The molecule has 0 aliphatic carbocycles. The highest BCUT2D eigenvalue weighted by atomic mass is 35.5. The van der Waals surface area contributed by atoms with Crippen LogP contribution in [0.2, 0.25) is 5.02 Å². The molecule has 3 rings (SSSR count). The molecular formula is C21H17ClN2O2S. The normalized spacial score (nSPS) is 13.5. The number of nitrogens with one attached hydrogen (secondary N) is 1. The molecular weight excluding hydrogens is 380 g/mol. The molecule has 1 atom stereocenters. The van der Waals surface area contributed by atoms with E-state index in [4.69, 9.17) is 11.6 Å². The van der Waals surface area contributed by atoms with Crippen molar-refractivity contribution in [1.29, 1.82) is 5.26 Å². The number of halogens is 1. The van der Waals surface area contributed by atoms with Gasteiger partial charge in [-0.3, -0.25) is 0 Å². The van der Waals surface area contributed by atoms with Crippen LogP contribution in [0.5, 0.6) is 0 Å². The molecule has 0 fully saturated rings. The number of hydrogen-bond acceptors (Lipinski definition) is 3. The summed E-state index contributed by atoms with van der Waals surface area (Å²) < 4.78 is 28.7. The molecule has 0 saturated heterocycles. The molecule has 1 N–H and O–H groups in total. The Hall–Kier alpha value is -2.65. The van der Waals surface area contributed by atoms with Crippen molar-refractivity contribution >= 4 is 21.6 Å². The molecule has 0 spiro atoms. The summed E-state index contributed by atoms with van der Waals surface area (Å²) in [7, 11) is -3.99. The summed E-state index contributed by atoms with van der Waals surface area (Å²) in [5.41, 5.74) is 0.130. The van der Waals surface area contributed by atoms with Crippen LogP contribution in [0.4, 0.5) is 0 Å². The van der Waals surface area contributed by atoms with Gasteiger partial charge in [0.15, 0.2) is 5.54 Å². The molecule has 0 aromatic heterocycles. The van der Waals surface area contributed by atoms with Crippen molar-refractivity contribution in [3.8, 4) is 6.07 Å². The first-order valence-electron chi connectivity index (χ1n) is 8.21. The van der Waals surface area contributed by atoms with Crippen LogP contribution >= 0.6 is 11.6 Å². The van der Waals surface area contributed by atoms with Gasteiger partial charge in [0.2, 0.25) is 10.0 Å². The van der Waals surface area contributed by atoms with Crippen LogP contribution in [0.15, 0.2) is 83.8 Å². The predicted molar refractivity (Wildman–Crippen MR) is 106 cm³/mol. The molecule has 6 heteroatoms. The molecule has 0 saturated carbocycles. The highest BCUT2D eigenvalue weighted by Crippen LogP contribution is 2.35. The third kappa shape index (κ3) is 3.74. The summed E-state index contributed by atoms with van der Waals surface area (Å²) in [6, 6.07) is 24.0. The van der Waals surface area contributed by atoms with Crippen molar-refractivity contribution in [2.24, 2.45) is 0 Å². The zero-order valence-electron chi connectivity index (χ0n) is 14.6. The van der Waals surface area contributed by atoms with Crippen molar-refractivity contribution in [1.82, 2.24) is 4.72 Å². The number of rotatable bonds is 5. The average Bonchev–Trinajstić information content (AvgIpc) is 2.68. The zero-order valence-corrected chi connectivity index (χ0v) is 16.1. The average molecular weight is 397 g/mol. The van der Waals surface area contributed by atoms with Crippen molar-refractivity contribution in [3.63, 3.8) is 0 Å². The molecule has 1 unspecified atom stereocenters. The quantitative estimate of drug-likeness (QED) is 0.695. The van der Waals surface area contributed by atoms with Gasteiger partial charge in [-0.2, -0.15) is 9.98 Å². The smallest absolute Gasteiger partial charge is 0.207 e. The van der Waals surface area contributed by atoms with Crippen molar-refractivity contribution in [2.45, 2.75) is 17.4 Å². The maximum atomic E-state index is 13.1. The van der Waals surface area contributed by atoms with E-state index < -0.39 is 15.6 Å². The fraction of sp³-hybridized carbons (Fsp3) is 0.0952. The maximum absolute atomic E-state index is 13.1. The highest BCUT2D eigenvalue weighted by Gasteiger charge is 2.40. The Bertz CT molecular complexity index is 1090. The largest absolute Gasteiger partial charge is 0.242 e. The minimum Gasteiger partial charge on any atom is -0.207 e. The molecule has 3 aromatic rings. The lowest BCUT2D eigenvalue weighted by Crippen LogP contribution is -2.45. The van der Waals surface area contributed by atoms with Crippen molar-refractivity contribution in [2.75, 3.05) is 0 Å². The minimum absolute atomic E-state index is 0.0794. The Morgan fingerprint density at radius 2 is 1.52 bits per heavy atom. The van der Waals surface area contributed by atoms with E-state index in [2.05, 4.69) is 10.8 Å². The minimum atomic E-state index is -3.99. The first-order valence-corrected chi connectivity index (χ1v) is 10.1. The van der Waals surface area contributed by atoms with Gasteiger partial charge in [0.1, 0.15) is 0 Å². The first-order chi connectivity index (χ1) is 12.9. The molecule has 136 valence electrons. The van der Waals surface area contributed by atoms with Gasteiger partial charge < -0.3 is 0 Å². The maximum Gasteiger partial charge on any atom is 0.242 e. The third-order valence-corrected chi connectivity index (χ3v) is 6.07. The van der Waals surface area contributed by atoms with Crippen LogP contribution in [0, 0.1) is 18.3 Å². The number of aryl methyl sites for hydroxylation is 1. The Morgan fingerprint density at radius 1 is 0.926 bits per heavy atom. The molecule has 0 radical (unpaired) electrons. The van der Waals surface area contributed by atoms with Gasteiger partial charge in [-0.1, -0.05) is 77.8 Å². The lowest BCUT2D eigenvalue weighted by molar-refractivity contribution is 0.543. The summed E-state index contributed by atoms with van der Waals surface area (Å²) in [5, 5.41) is 10.4. The van der Waals surface area contributed by atoms with Crippen molar-refractivity contribution in [3.05, 3.63) is 101 Å². The van der Waals surface area contributed by atoms with E-state index in [1.54, 1.807) is 66.7 Å². The van der Waals surface area contributed by atoms with E-state index >= 15 is 0 Å². The van der Waals surface area contributed by atoms with E-state index in [0.29, 0.717) is 16.1 Å². The van der Waals surface area contributed by atoms with Gasteiger partial charge in [-0.15, -0.1) is 0 Å². The fourth-order valence-corrected chi connectivity index (χ4v) is 4.41. The van der Waals surface area contributed by atoms with E-state index in [0.717, 1.165) is 5.56 Å². The van der Waals surface area contributed by atoms with E-state index in [1.165, 1.54) is 12.1 Å². The molecule has 4 nitrogen and oxygen atoms in total. The topological polar surface area (TPSA) is 70.0 Å². The van der Waals surface area contributed by atoms with E-state index in [9.17, 15) is 13.7 Å². The standard InChI is InChI=1S/C21H17ClN2O2S/c1-16-11-13-18(14-12-16)27(25,26)24-21(15-23,17-7-3-2-4-8-17)19-9-5-6-10-20(19)22/h2-14,24H,1H3. The van der Waals surface area contributed by atoms with Gasteiger partial charge in [0.05, 0.1) is 11.0 Å². The molecule has 0 aliphatic heterocycles. The summed E-state index contributed by atoms with van der Waals surface area (Å²) in [6.45, 7) is 1.87. The Labute approximate surface area is 164 Å². The fourth-order valence-electron chi connectivity index (χ4n) is 2.85. The second-order valence-corrected chi connectivity index (χ2v) is 8.22. The molecule has 3 aromatic carbocycles. The summed E-state index contributed by atoms with van der Waals surface area (Å²) in [5.74, 6) is 0. The van der Waals surface area contributed by atoms with Crippen LogP contribution in [-0.2, 0) is 15.6 Å². The molecule has 0 heterocycles. The second kappa shape index (κ2) is 7.53. The zero-order chi connectivity index (χ0) is 19.5. The predicted octanol–water partition coefficient (Wildman–Crippen LogP) is 4.39. The van der Waals surface area contributed by atoms with Crippen LogP contribution in [0.1, 0.15) is 16.7 Å². The number of nitriles is 1. The summed E-state index contributed by atoms with van der Waals surface area (Å²) >= 11 is 6.35. The van der Waals surface area contributed by atoms with Gasteiger partial charge >= 0.3 is 0 Å². The third-order valence-electron chi connectivity index (χ3n) is 4.27. The van der Waals surface area contributed by atoms with Crippen LogP contribution in [0.3, 0.4) is 0 Å². The van der Waals surface area contributed by atoms with Gasteiger partial charge in [0.25, 0.3) is 0 Å². The van der Waals surface area contributed by atoms with Crippen LogP contribution in [0.25, 0.3) is 0 Å². The number of sulfonamides is 1. The van der Waals surface area contributed by atoms with Gasteiger partial charge in [-0.05, 0) is 30.7 Å². The molecule has 0 aliphatic rings. The van der Waals surface area contributed by atoms with Crippen molar-refractivity contribution < 1.29 is 8.42 Å². The number of hydrogen-bond donors (Lipinski definition) is 1. The van der Waals surface area contributed by atoms with Gasteiger partial charge in [0, 0.05) is 10.6 Å². The Kier molecular flexibility index (Phi) is 5.33. The second-order valence-electron chi connectivity index (χ2n) is 6.13. The molecule has 0 amide bonds. The lowest BCUT2D eigenvalue weighted by atomic mass is 9.85. The van der Waals surface area contributed by atoms with Crippen LogP contribution in [-0.4, -0.2) is 8.42 Å². The van der Waals surface area contributed by atoms with E-state index in [-0.39, 0.29) is 4.90 Å². The Morgan fingerprint density at radius 3 is 2.11 bits per heavy atom. The number of nitrogens with zero attached hydrogens (tertiary/aromatic N) is 1. The number of benzene rings is 3. The summed E-state index contributed by atoms with van der Waals surface area (Å²) in [6.07, 6.45) is 0. The SMILES string of the molecule is Cc1ccc(S(=O)(=O)NC(C#N)(c2ccccc2)c2ccccc2Cl)cc1. The van der Waals surface area contributed by atoms with E-state index in [1.807, 2.05) is 6.92 Å².